The zero-order valence-electron chi connectivity index (χ0n) is 11.8. The highest BCUT2D eigenvalue weighted by Crippen LogP contribution is 2.10. The van der Waals surface area contributed by atoms with Crippen LogP contribution in [-0.4, -0.2) is 56.8 Å². The Kier molecular flexibility index (Phi) is 6.23. The lowest BCUT2D eigenvalue weighted by Gasteiger charge is -2.25. The van der Waals surface area contributed by atoms with E-state index in [1.165, 1.54) is 12.1 Å². The minimum absolute atomic E-state index is 0.279. The van der Waals surface area contributed by atoms with Gasteiger partial charge in [0.15, 0.2) is 12.4 Å². The van der Waals surface area contributed by atoms with E-state index >= 15 is 0 Å². The van der Waals surface area contributed by atoms with Gasteiger partial charge >= 0.3 is 0 Å². The van der Waals surface area contributed by atoms with Crippen LogP contribution >= 0.6 is 0 Å². The summed E-state index contributed by atoms with van der Waals surface area (Å²) in [7, 11) is 0. The number of halogens is 1. The van der Waals surface area contributed by atoms with Gasteiger partial charge in [0, 0.05) is 13.1 Å². The highest BCUT2D eigenvalue weighted by atomic mass is 19.1. The van der Waals surface area contributed by atoms with Gasteiger partial charge in [-0.1, -0.05) is 5.16 Å². The second-order valence-electron chi connectivity index (χ2n) is 4.61. The average molecular weight is 297 g/mol. The molecule has 0 atom stereocenters. The predicted octanol–water partition coefficient (Wildman–Crippen LogP) is 0.825. The molecule has 1 aliphatic rings. The van der Waals surface area contributed by atoms with Crippen LogP contribution in [0.25, 0.3) is 0 Å². The number of ether oxygens (including phenoxy) is 2. The fraction of sp³-hybridized carbons (Fsp3) is 0.500. The molecular formula is C14H20FN3O3. The molecule has 0 amide bonds. The number of benzene rings is 1. The zero-order valence-corrected chi connectivity index (χ0v) is 11.8. The van der Waals surface area contributed by atoms with E-state index in [-0.39, 0.29) is 12.4 Å². The third-order valence-corrected chi connectivity index (χ3v) is 2.93. The Morgan fingerprint density at radius 2 is 1.95 bits per heavy atom. The highest BCUT2D eigenvalue weighted by Gasteiger charge is 2.11. The normalized spacial score (nSPS) is 16.7. The predicted molar refractivity (Wildman–Crippen MR) is 76.7 cm³/mol. The third kappa shape index (κ3) is 5.97. The van der Waals surface area contributed by atoms with Crippen LogP contribution in [0.15, 0.2) is 29.4 Å². The van der Waals surface area contributed by atoms with Gasteiger partial charge in [0.2, 0.25) is 0 Å². The Balaban J connectivity index is 1.59. The first-order valence-corrected chi connectivity index (χ1v) is 6.87. The molecule has 6 nitrogen and oxygen atoms in total. The lowest BCUT2D eigenvalue weighted by Crippen LogP contribution is -2.41. The molecule has 0 saturated carbocycles. The number of nitrogens with zero attached hydrogens (tertiary/aromatic N) is 2. The summed E-state index contributed by atoms with van der Waals surface area (Å²) in [6.07, 6.45) is 0. The van der Waals surface area contributed by atoms with Crippen LogP contribution in [0, 0.1) is 5.82 Å². The smallest absolute Gasteiger partial charge is 0.153 e. The van der Waals surface area contributed by atoms with Crippen molar-refractivity contribution >= 4 is 5.84 Å². The lowest BCUT2D eigenvalue weighted by atomic mass is 10.3. The van der Waals surface area contributed by atoms with E-state index in [0.717, 1.165) is 26.3 Å². The number of rotatable bonds is 7. The van der Waals surface area contributed by atoms with E-state index in [1.807, 2.05) is 0 Å². The molecular weight excluding hydrogens is 277 g/mol. The van der Waals surface area contributed by atoms with Crippen molar-refractivity contribution in [1.82, 2.24) is 4.90 Å². The zero-order chi connectivity index (χ0) is 14.9. The maximum Gasteiger partial charge on any atom is 0.153 e. The van der Waals surface area contributed by atoms with E-state index < -0.39 is 0 Å². The molecule has 1 aliphatic heterocycles. The number of morpholine rings is 1. The third-order valence-electron chi connectivity index (χ3n) is 2.93. The molecule has 0 unspecified atom stereocenters. The van der Waals surface area contributed by atoms with Crippen molar-refractivity contribution in [3.05, 3.63) is 30.1 Å². The Hall–Kier alpha value is -1.86. The summed E-state index contributed by atoms with van der Waals surface area (Å²) in [5, 5.41) is 3.84. The molecule has 2 N–H and O–H groups in total. The Morgan fingerprint density at radius 3 is 2.67 bits per heavy atom. The van der Waals surface area contributed by atoms with E-state index in [4.69, 9.17) is 20.0 Å². The quantitative estimate of drug-likeness (QED) is 0.349. The summed E-state index contributed by atoms with van der Waals surface area (Å²) in [5.74, 6) is 0.725. The number of amidine groups is 1. The summed E-state index contributed by atoms with van der Waals surface area (Å²) in [5.41, 5.74) is 5.77. The van der Waals surface area contributed by atoms with Crippen LogP contribution in [0.3, 0.4) is 0 Å². The van der Waals surface area contributed by atoms with Gasteiger partial charge < -0.3 is 20.0 Å². The molecule has 0 aromatic heterocycles. The van der Waals surface area contributed by atoms with Gasteiger partial charge in [-0.15, -0.1) is 0 Å². The van der Waals surface area contributed by atoms with Gasteiger partial charge in [0.25, 0.3) is 0 Å². The number of nitrogens with two attached hydrogens (primary N) is 1. The minimum atomic E-state index is -0.293. The second kappa shape index (κ2) is 8.43. The van der Waals surface area contributed by atoms with Gasteiger partial charge in [0.05, 0.1) is 19.8 Å². The second-order valence-corrected chi connectivity index (χ2v) is 4.61. The molecule has 0 radical (unpaired) electrons. The fourth-order valence-corrected chi connectivity index (χ4v) is 1.87. The number of hydrogen-bond donors (Lipinski definition) is 1. The first-order chi connectivity index (χ1) is 10.2. The van der Waals surface area contributed by atoms with Crippen LogP contribution < -0.4 is 10.5 Å². The molecule has 0 aliphatic carbocycles. The number of oxime groups is 1. The first kappa shape index (κ1) is 15.5. The lowest BCUT2D eigenvalue weighted by molar-refractivity contribution is 0.0442. The van der Waals surface area contributed by atoms with Gasteiger partial charge in [-0.3, -0.25) is 4.90 Å². The van der Waals surface area contributed by atoms with Crippen LogP contribution in [0.5, 0.6) is 5.75 Å². The van der Waals surface area contributed by atoms with Crippen molar-refractivity contribution in [1.29, 1.82) is 0 Å². The summed E-state index contributed by atoms with van der Waals surface area (Å²) in [6, 6.07) is 5.81. The van der Waals surface area contributed by atoms with Gasteiger partial charge in [-0.05, 0) is 24.3 Å². The van der Waals surface area contributed by atoms with Gasteiger partial charge in [-0.2, -0.15) is 0 Å². The highest BCUT2D eigenvalue weighted by molar-refractivity contribution is 5.81. The fourth-order valence-electron chi connectivity index (χ4n) is 1.87. The Labute approximate surface area is 123 Å². The van der Waals surface area contributed by atoms with Crippen LogP contribution in [-0.2, 0) is 9.57 Å². The molecule has 116 valence electrons. The van der Waals surface area contributed by atoms with Gasteiger partial charge in [-0.25, -0.2) is 4.39 Å². The standard InChI is InChI=1S/C14H20FN3O3/c15-12-1-3-13(4-2-12)20-9-10-21-17-14(16)11-18-5-7-19-8-6-18/h1-4H,5-11H2,(H2,16,17). The van der Waals surface area contributed by atoms with Crippen LogP contribution in [0.2, 0.25) is 0 Å². The molecule has 7 heteroatoms. The summed E-state index contributed by atoms with van der Waals surface area (Å²) in [4.78, 5) is 7.24. The van der Waals surface area contributed by atoms with E-state index in [9.17, 15) is 4.39 Å². The summed E-state index contributed by atoms with van der Waals surface area (Å²) < 4.78 is 23.3. The summed E-state index contributed by atoms with van der Waals surface area (Å²) >= 11 is 0. The maximum atomic E-state index is 12.7. The molecule has 0 spiro atoms. The largest absolute Gasteiger partial charge is 0.490 e. The molecule has 1 fully saturated rings. The molecule has 1 heterocycles. The van der Waals surface area contributed by atoms with Gasteiger partial charge in [0.1, 0.15) is 18.2 Å². The molecule has 1 saturated heterocycles. The van der Waals surface area contributed by atoms with Crippen molar-refractivity contribution in [3.8, 4) is 5.75 Å². The van der Waals surface area contributed by atoms with Crippen molar-refractivity contribution in [2.24, 2.45) is 10.9 Å². The van der Waals surface area contributed by atoms with Crippen molar-refractivity contribution < 1.29 is 18.7 Å². The molecule has 1 aromatic rings. The van der Waals surface area contributed by atoms with Crippen molar-refractivity contribution in [2.75, 3.05) is 46.1 Å². The topological polar surface area (TPSA) is 69.3 Å². The molecule has 1 aromatic carbocycles. The van der Waals surface area contributed by atoms with Crippen LogP contribution in [0.4, 0.5) is 4.39 Å². The average Bonchev–Trinajstić information content (AvgIpc) is 2.50. The van der Waals surface area contributed by atoms with E-state index in [2.05, 4.69) is 10.1 Å². The Morgan fingerprint density at radius 1 is 1.24 bits per heavy atom. The monoisotopic (exact) mass is 297 g/mol. The van der Waals surface area contributed by atoms with Crippen molar-refractivity contribution in [3.63, 3.8) is 0 Å². The molecule has 21 heavy (non-hydrogen) atoms. The van der Waals surface area contributed by atoms with E-state index in [0.29, 0.717) is 24.7 Å². The van der Waals surface area contributed by atoms with Crippen LogP contribution in [0.1, 0.15) is 0 Å². The van der Waals surface area contributed by atoms with Crippen molar-refractivity contribution in [2.45, 2.75) is 0 Å². The Bertz CT molecular complexity index is 447. The molecule has 0 bridgehead atoms. The molecule has 2 rings (SSSR count). The minimum Gasteiger partial charge on any atom is -0.490 e. The number of hydrogen-bond acceptors (Lipinski definition) is 5. The maximum absolute atomic E-state index is 12.7. The summed E-state index contributed by atoms with van der Waals surface area (Å²) in [6.45, 7) is 4.32. The van der Waals surface area contributed by atoms with E-state index in [1.54, 1.807) is 12.1 Å². The first-order valence-electron chi connectivity index (χ1n) is 6.87. The SMILES string of the molecule is N/C(CN1CCOCC1)=N\OCCOc1ccc(F)cc1.